The number of anilines is 3. The summed E-state index contributed by atoms with van der Waals surface area (Å²) in [6, 6.07) is 4.08. The Labute approximate surface area is 174 Å². The Hall–Kier alpha value is -3.20. The van der Waals surface area contributed by atoms with Crippen LogP contribution in [0.1, 0.15) is 18.4 Å². The molecule has 30 heavy (non-hydrogen) atoms. The minimum Gasteiger partial charge on any atom is -0.381 e. The van der Waals surface area contributed by atoms with Gasteiger partial charge in [-0.3, -0.25) is 9.69 Å². The van der Waals surface area contributed by atoms with Gasteiger partial charge in [0.2, 0.25) is 11.9 Å². The molecule has 9 heteroatoms. The molecule has 0 saturated carbocycles. The summed E-state index contributed by atoms with van der Waals surface area (Å²) in [5.74, 6) is 2.43. The van der Waals surface area contributed by atoms with Gasteiger partial charge in [-0.1, -0.05) is 0 Å². The number of carbonyl (C=O) groups excluding carboxylic acids is 1. The summed E-state index contributed by atoms with van der Waals surface area (Å²) in [5, 5.41) is 6.13. The quantitative estimate of drug-likeness (QED) is 0.610. The predicted octanol–water partition coefficient (Wildman–Crippen LogP) is 2.56. The van der Waals surface area contributed by atoms with Crippen molar-refractivity contribution in [1.82, 2.24) is 19.9 Å². The fraction of sp³-hybridized carbons (Fsp3) is 0.429. The lowest BCUT2D eigenvalue weighted by atomic mass is 9.99. The fourth-order valence-electron chi connectivity index (χ4n) is 4.14. The van der Waals surface area contributed by atoms with E-state index in [-0.39, 0.29) is 12.5 Å². The molecule has 4 heterocycles. The molecule has 1 aromatic carbocycles. The number of hydrogen-bond donors (Lipinski definition) is 3. The lowest BCUT2D eigenvalue weighted by Gasteiger charge is -2.32. The zero-order valence-electron chi connectivity index (χ0n) is 17.2. The van der Waals surface area contributed by atoms with Crippen molar-refractivity contribution in [3.63, 3.8) is 0 Å². The third kappa shape index (κ3) is 3.35. The number of nitrogens with one attached hydrogen (secondary N) is 3. The molecule has 1 fully saturated rings. The average molecular weight is 407 g/mol. The van der Waals surface area contributed by atoms with E-state index in [1.165, 1.54) is 0 Å². The largest absolute Gasteiger partial charge is 0.381 e. The predicted molar refractivity (Wildman–Crippen MR) is 116 cm³/mol. The third-order valence-electron chi connectivity index (χ3n) is 5.81. The molecule has 1 saturated heterocycles. The first-order valence-electron chi connectivity index (χ1n) is 10.3. The van der Waals surface area contributed by atoms with Crippen molar-refractivity contribution in [2.45, 2.75) is 19.8 Å². The molecule has 0 spiro atoms. The average Bonchev–Trinajstić information content (AvgIpc) is 3.20. The van der Waals surface area contributed by atoms with E-state index >= 15 is 0 Å². The van der Waals surface area contributed by atoms with Crippen LogP contribution in [0.2, 0.25) is 0 Å². The lowest BCUT2D eigenvalue weighted by molar-refractivity contribution is -0.117. The second-order valence-electron chi connectivity index (χ2n) is 7.87. The molecule has 0 bridgehead atoms. The summed E-state index contributed by atoms with van der Waals surface area (Å²) in [5.41, 5.74) is 4.57. The highest BCUT2D eigenvalue weighted by molar-refractivity contribution is 6.01. The van der Waals surface area contributed by atoms with Crippen molar-refractivity contribution in [3.8, 4) is 11.3 Å². The van der Waals surface area contributed by atoms with Gasteiger partial charge in [-0.05, 0) is 43.4 Å². The van der Waals surface area contributed by atoms with E-state index in [0.717, 1.165) is 59.9 Å². The molecule has 0 aliphatic carbocycles. The van der Waals surface area contributed by atoms with E-state index in [2.05, 4.69) is 31.7 Å². The first-order chi connectivity index (χ1) is 14.6. The molecular formula is C21H25N7O2. The number of aromatic amines is 1. The molecule has 9 nitrogen and oxygen atoms in total. The van der Waals surface area contributed by atoms with Crippen molar-refractivity contribution in [2.24, 2.45) is 5.92 Å². The topological polar surface area (TPSA) is 108 Å². The first kappa shape index (κ1) is 18.8. The van der Waals surface area contributed by atoms with Crippen LogP contribution in [0.25, 0.3) is 22.3 Å². The van der Waals surface area contributed by atoms with E-state index in [0.29, 0.717) is 24.1 Å². The van der Waals surface area contributed by atoms with Gasteiger partial charge in [0.25, 0.3) is 0 Å². The van der Waals surface area contributed by atoms with Crippen molar-refractivity contribution in [2.75, 3.05) is 48.9 Å². The number of imidazole rings is 1. The number of aryl methyl sites for hydroxylation is 1. The second-order valence-corrected chi connectivity index (χ2v) is 7.87. The number of ether oxygens (including phenoxy) is 1. The van der Waals surface area contributed by atoms with Crippen LogP contribution in [0.5, 0.6) is 0 Å². The minimum atomic E-state index is 0.0271. The standard InChI is InChI=1S/C21H25N7O2/c1-12-7-14(8-15-18(12)27-21(22-2)26-15)16-9-23-19-20(25-16)28(17(29)10-24-19)11-13-3-5-30-6-4-13/h7-9,13H,3-6,10-11H2,1-2H3,(H,23,24)(H2,22,26,27). The number of nitrogens with zero attached hydrogens (tertiary/aromatic N) is 4. The summed E-state index contributed by atoms with van der Waals surface area (Å²) >= 11 is 0. The number of benzene rings is 1. The Bertz CT molecular complexity index is 1100. The number of H-pyrrole nitrogens is 1. The van der Waals surface area contributed by atoms with E-state index in [9.17, 15) is 4.79 Å². The maximum atomic E-state index is 12.7. The van der Waals surface area contributed by atoms with Crippen LogP contribution in [0.3, 0.4) is 0 Å². The van der Waals surface area contributed by atoms with Crippen LogP contribution in [-0.2, 0) is 9.53 Å². The molecule has 3 aromatic rings. The molecule has 2 aliphatic rings. The van der Waals surface area contributed by atoms with Crippen LogP contribution in [0.4, 0.5) is 17.6 Å². The fourth-order valence-corrected chi connectivity index (χ4v) is 4.14. The zero-order chi connectivity index (χ0) is 20.7. The smallest absolute Gasteiger partial charge is 0.247 e. The van der Waals surface area contributed by atoms with Crippen molar-refractivity contribution in [1.29, 1.82) is 0 Å². The number of fused-ring (bicyclic) bond motifs is 2. The summed E-state index contributed by atoms with van der Waals surface area (Å²) in [7, 11) is 1.83. The normalized spacial score (nSPS) is 17.1. The molecule has 156 valence electrons. The van der Waals surface area contributed by atoms with Gasteiger partial charge in [0, 0.05) is 32.4 Å². The summed E-state index contributed by atoms with van der Waals surface area (Å²) in [6.45, 7) is 4.43. The monoisotopic (exact) mass is 407 g/mol. The summed E-state index contributed by atoms with van der Waals surface area (Å²) in [6.07, 6.45) is 3.68. The van der Waals surface area contributed by atoms with Gasteiger partial charge in [-0.15, -0.1) is 0 Å². The van der Waals surface area contributed by atoms with Gasteiger partial charge < -0.3 is 20.4 Å². The molecule has 3 N–H and O–H groups in total. The number of rotatable bonds is 4. The maximum Gasteiger partial charge on any atom is 0.247 e. The van der Waals surface area contributed by atoms with Gasteiger partial charge in [-0.25, -0.2) is 15.0 Å². The molecule has 0 unspecified atom stereocenters. The minimum absolute atomic E-state index is 0.0271. The third-order valence-corrected chi connectivity index (χ3v) is 5.81. The van der Waals surface area contributed by atoms with E-state index in [1.54, 1.807) is 11.1 Å². The van der Waals surface area contributed by atoms with Crippen LogP contribution in [0, 0.1) is 12.8 Å². The van der Waals surface area contributed by atoms with E-state index in [4.69, 9.17) is 9.72 Å². The number of amides is 1. The lowest BCUT2D eigenvalue weighted by Crippen LogP contribution is -2.44. The number of hydrogen-bond acceptors (Lipinski definition) is 7. The highest BCUT2D eigenvalue weighted by Gasteiger charge is 2.30. The molecular weight excluding hydrogens is 382 g/mol. The van der Waals surface area contributed by atoms with E-state index < -0.39 is 0 Å². The Morgan fingerprint density at radius 2 is 2.10 bits per heavy atom. The van der Waals surface area contributed by atoms with Crippen molar-refractivity contribution < 1.29 is 9.53 Å². The highest BCUT2D eigenvalue weighted by Crippen LogP contribution is 2.32. The second kappa shape index (κ2) is 7.56. The van der Waals surface area contributed by atoms with Crippen LogP contribution in [-0.4, -0.2) is 59.2 Å². The molecule has 0 atom stereocenters. The molecule has 0 radical (unpaired) electrons. The van der Waals surface area contributed by atoms with Crippen molar-refractivity contribution in [3.05, 3.63) is 23.9 Å². The SMILES string of the molecule is CNc1nc2c(C)cc(-c3cnc4c(n3)N(CC3CCOCC3)C(=O)CN4)cc2[nH]1. The summed E-state index contributed by atoms with van der Waals surface area (Å²) in [4.78, 5) is 31.7. The Balaban J connectivity index is 1.52. The zero-order valence-corrected chi connectivity index (χ0v) is 17.2. The Morgan fingerprint density at radius 3 is 2.90 bits per heavy atom. The molecule has 2 aliphatic heterocycles. The maximum absolute atomic E-state index is 12.7. The highest BCUT2D eigenvalue weighted by atomic mass is 16.5. The number of aromatic nitrogens is 4. The summed E-state index contributed by atoms with van der Waals surface area (Å²) < 4.78 is 5.46. The molecule has 5 rings (SSSR count). The van der Waals surface area contributed by atoms with Crippen LogP contribution >= 0.6 is 0 Å². The van der Waals surface area contributed by atoms with Gasteiger partial charge in [0.15, 0.2) is 11.6 Å². The first-order valence-corrected chi connectivity index (χ1v) is 10.3. The molecule has 2 aromatic heterocycles. The number of carbonyl (C=O) groups is 1. The van der Waals surface area contributed by atoms with Crippen LogP contribution < -0.4 is 15.5 Å². The van der Waals surface area contributed by atoms with E-state index in [1.807, 2.05) is 20.0 Å². The van der Waals surface area contributed by atoms with Gasteiger partial charge >= 0.3 is 0 Å². The Morgan fingerprint density at radius 1 is 1.27 bits per heavy atom. The van der Waals surface area contributed by atoms with Gasteiger partial charge in [-0.2, -0.15) is 0 Å². The molecule has 1 amide bonds. The Kier molecular flexibility index (Phi) is 4.74. The van der Waals surface area contributed by atoms with Gasteiger partial charge in [0.1, 0.15) is 0 Å². The van der Waals surface area contributed by atoms with Gasteiger partial charge in [0.05, 0.1) is 29.5 Å². The van der Waals surface area contributed by atoms with Crippen LogP contribution in [0.15, 0.2) is 18.3 Å². The van der Waals surface area contributed by atoms with Crippen molar-refractivity contribution >= 4 is 34.5 Å².